The van der Waals surface area contributed by atoms with Crippen LogP contribution in [0.3, 0.4) is 0 Å². The predicted molar refractivity (Wildman–Crippen MR) is 161 cm³/mol. The quantitative estimate of drug-likeness (QED) is 0.372. The Hall–Kier alpha value is -4.01. The maximum absolute atomic E-state index is 15.7. The highest BCUT2D eigenvalue weighted by Crippen LogP contribution is 2.42. The lowest BCUT2D eigenvalue weighted by molar-refractivity contribution is 0.0453. The van der Waals surface area contributed by atoms with Crippen LogP contribution in [-0.4, -0.2) is 65.9 Å². The molecule has 1 aromatic heterocycles. The Labute approximate surface area is 253 Å². The second-order valence-corrected chi connectivity index (χ2v) is 13.0. The molecule has 2 saturated heterocycles. The zero-order valence-corrected chi connectivity index (χ0v) is 25.1. The number of nitrogens with zero attached hydrogens (tertiary/aromatic N) is 3. The van der Waals surface area contributed by atoms with E-state index in [2.05, 4.69) is 5.32 Å². The first-order valence-corrected chi connectivity index (χ1v) is 15.1. The minimum absolute atomic E-state index is 0.114. The van der Waals surface area contributed by atoms with E-state index >= 15 is 4.39 Å². The van der Waals surface area contributed by atoms with E-state index in [1.54, 1.807) is 49.9 Å². The van der Waals surface area contributed by atoms with Gasteiger partial charge in [-0.2, -0.15) is 5.26 Å². The molecule has 8 nitrogen and oxygen atoms in total. The van der Waals surface area contributed by atoms with Crippen LogP contribution in [0.4, 0.5) is 19.3 Å². The minimum atomic E-state index is -0.708. The fourth-order valence-electron chi connectivity index (χ4n) is 5.45. The van der Waals surface area contributed by atoms with Crippen molar-refractivity contribution in [2.75, 3.05) is 31.1 Å². The fourth-order valence-corrected chi connectivity index (χ4v) is 6.63. The van der Waals surface area contributed by atoms with Gasteiger partial charge in [-0.3, -0.25) is 4.79 Å². The second kappa shape index (κ2) is 12.3. The maximum atomic E-state index is 15.7. The molecule has 2 amide bonds. The van der Waals surface area contributed by atoms with Crippen LogP contribution in [0.5, 0.6) is 0 Å². The number of hydrogen-bond donors (Lipinski definition) is 2. The van der Waals surface area contributed by atoms with Gasteiger partial charge in [-0.1, -0.05) is 6.07 Å². The number of β-amino-alcohol motifs (C(OH)–C–C–N with tert-alkyl or cyclic N) is 1. The summed E-state index contributed by atoms with van der Waals surface area (Å²) >= 11 is 1.12. The summed E-state index contributed by atoms with van der Waals surface area (Å²) in [6, 6.07) is 12.2. The molecule has 5 rings (SSSR count). The lowest BCUT2D eigenvalue weighted by Crippen LogP contribution is -2.50. The summed E-state index contributed by atoms with van der Waals surface area (Å²) in [7, 11) is 0. The molecule has 2 atom stereocenters. The van der Waals surface area contributed by atoms with Gasteiger partial charge in [-0.15, -0.1) is 11.3 Å². The number of rotatable bonds is 5. The van der Waals surface area contributed by atoms with Gasteiger partial charge < -0.3 is 25.0 Å². The van der Waals surface area contributed by atoms with Crippen LogP contribution in [0.2, 0.25) is 0 Å². The number of nitriles is 1. The number of hydrogen-bond acceptors (Lipinski definition) is 7. The van der Waals surface area contributed by atoms with Crippen molar-refractivity contribution in [3.63, 3.8) is 0 Å². The van der Waals surface area contributed by atoms with E-state index in [0.717, 1.165) is 11.3 Å². The largest absolute Gasteiger partial charge is 0.444 e. The Morgan fingerprint density at radius 3 is 2.49 bits per heavy atom. The Morgan fingerprint density at radius 1 is 1.05 bits per heavy atom. The molecule has 0 saturated carbocycles. The standard InChI is InChI=1S/C32H34F2N4O4S/c1-32(2,3)42-31(41)36-21-5-4-11-38(17-21)30(40)28-15-25(19-6-7-20(16-35)26(33)13-19)29(43-28)24-9-8-22(14-27(24)34)37-12-10-23(39)18-37/h6-9,13-15,21,23,39H,4-5,10-12,17-18H2,1-3H3,(H,36,41)/t21-,23+/m1/s1. The topological polar surface area (TPSA) is 106 Å². The molecule has 226 valence electrons. The van der Waals surface area contributed by atoms with Gasteiger partial charge in [0.25, 0.3) is 5.91 Å². The maximum Gasteiger partial charge on any atom is 0.407 e. The van der Waals surface area contributed by atoms with E-state index in [-0.39, 0.29) is 29.6 Å². The number of benzene rings is 2. The molecule has 2 aliphatic heterocycles. The van der Waals surface area contributed by atoms with Gasteiger partial charge in [0.1, 0.15) is 23.3 Å². The molecule has 11 heteroatoms. The molecular weight excluding hydrogens is 574 g/mol. The zero-order chi connectivity index (χ0) is 30.9. The molecule has 2 aromatic carbocycles. The third kappa shape index (κ3) is 6.98. The summed E-state index contributed by atoms with van der Waals surface area (Å²) in [4.78, 5) is 30.4. The molecule has 0 unspecified atom stereocenters. The first kappa shape index (κ1) is 30.4. The van der Waals surface area contributed by atoms with Crippen molar-refractivity contribution in [3.8, 4) is 27.6 Å². The number of alkyl carbamates (subject to hydrolysis) is 1. The summed E-state index contributed by atoms with van der Waals surface area (Å²) < 4.78 is 35.7. The van der Waals surface area contributed by atoms with Crippen molar-refractivity contribution >= 4 is 29.0 Å². The smallest absolute Gasteiger partial charge is 0.407 e. The molecule has 43 heavy (non-hydrogen) atoms. The summed E-state index contributed by atoms with van der Waals surface area (Å²) in [5, 5.41) is 21.9. The van der Waals surface area contributed by atoms with Crippen molar-refractivity contribution < 1.29 is 28.2 Å². The third-order valence-electron chi connectivity index (χ3n) is 7.50. The van der Waals surface area contributed by atoms with Crippen LogP contribution < -0.4 is 10.2 Å². The second-order valence-electron chi connectivity index (χ2n) is 11.9. The lowest BCUT2D eigenvalue weighted by Gasteiger charge is -2.33. The van der Waals surface area contributed by atoms with Crippen LogP contribution in [0.15, 0.2) is 42.5 Å². The molecule has 0 radical (unpaired) electrons. The van der Waals surface area contributed by atoms with Crippen LogP contribution in [0.1, 0.15) is 55.3 Å². The first-order chi connectivity index (χ1) is 20.4. The normalized spacial score (nSPS) is 18.8. The minimum Gasteiger partial charge on any atom is -0.444 e. The Balaban J connectivity index is 1.46. The first-order valence-electron chi connectivity index (χ1n) is 14.3. The average Bonchev–Trinajstić information content (AvgIpc) is 3.58. The Bertz CT molecular complexity index is 1580. The van der Waals surface area contributed by atoms with Gasteiger partial charge in [0, 0.05) is 53.9 Å². The number of carbonyl (C=O) groups excluding carboxylic acids is 2. The van der Waals surface area contributed by atoms with Crippen LogP contribution in [0, 0.1) is 23.0 Å². The third-order valence-corrected chi connectivity index (χ3v) is 8.66. The van der Waals surface area contributed by atoms with E-state index in [4.69, 9.17) is 4.74 Å². The number of halogens is 2. The van der Waals surface area contributed by atoms with E-state index in [1.165, 1.54) is 18.2 Å². The molecule has 2 fully saturated rings. The summed E-state index contributed by atoms with van der Waals surface area (Å²) in [5.41, 5.74) is 1.03. The van der Waals surface area contributed by atoms with Crippen molar-refractivity contribution in [1.29, 1.82) is 5.26 Å². The molecule has 2 N–H and O–H groups in total. The number of thiophene rings is 1. The molecule has 0 spiro atoms. The van der Waals surface area contributed by atoms with Gasteiger partial charge >= 0.3 is 6.09 Å². The highest BCUT2D eigenvalue weighted by molar-refractivity contribution is 7.18. The number of carbonyl (C=O) groups is 2. The molecule has 3 aromatic rings. The summed E-state index contributed by atoms with van der Waals surface area (Å²) in [5.74, 6) is -1.49. The summed E-state index contributed by atoms with van der Waals surface area (Å²) in [6.45, 7) is 7.16. The predicted octanol–water partition coefficient (Wildman–Crippen LogP) is 5.93. The van der Waals surface area contributed by atoms with Crippen molar-refractivity contribution in [2.24, 2.45) is 0 Å². The monoisotopic (exact) mass is 608 g/mol. The number of likely N-dealkylation sites (tertiary alicyclic amines) is 1. The van der Waals surface area contributed by atoms with Gasteiger partial charge in [-0.05, 0) is 82.0 Å². The highest BCUT2D eigenvalue weighted by Gasteiger charge is 2.30. The Kier molecular flexibility index (Phi) is 8.71. The number of anilines is 1. The van der Waals surface area contributed by atoms with E-state index in [9.17, 15) is 24.3 Å². The van der Waals surface area contributed by atoms with Crippen molar-refractivity contribution in [1.82, 2.24) is 10.2 Å². The Morgan fingerprint density at radius 2 is 1.84 bits per heavy atom. The number of ether oxygens (including phenoxy) is 1. The number of aliphatic hydroxyl groups is 1. The van der Waals surface area contributed by atoms with Gasteiger partial charge in [0.15, 0.2) is 0 Å². The molecule has 2 aliphatic rings. The highest BCUT2D eigenvalue weighted by atomic mass is 32.1. The van der Waals surface area contributed by atoms with E-state index in [0.29, 0.717) is 65.5 Å². The molecule has 3 heterocycles. The number of aliphatic hydroxyl groups excluding tert-OH is 1. The van der Waals surface area contributed by atoms with Crippen molar-refractivity contribution in [2.45, 2.75) is 57.8 Å². The molecule has 0 aliphatic carbocycles. The van der Waals surface area contributed by atoms with Gasteiger partial charge in [-0.25, -0.2) is 13.6 Å². The zero-order valence-electron chi connectivity index (χ0n) is 24.3. The molecule has 0 bridgehead atoms. The van der Waals surface area contributed by atoms with E-state index in [1.807, 2.05) is 11.0 Å². The average molecular weight is 609 g/mol. The van der Waals surface area contributed by atoms with Crippen LogP contribution >= 0.6 is 11.3 Å². The number of amides is 2. The van der Waals surface area contributed by atoms with E-state index < -0.39 is 29.4 Å². The van der Waals surface area contributed by atoms with Crippen LogP contribution in [0.25, 0.3) is 21.6 Å². The van der Waals surface area contributed by atoms with Crippen LogP contribution in [-0.2, 0) is 4.74 Å². The molecular formula is C32H34F2N4O4S. The SMILES string of the molecule is CC(C)(C)OC(=O)N[C@@H]1CCCN(C(=O)c2cc(-c3ccc(C#N)c(F)c3)c(-c3ccc(N4CC[C@H](O)C4)cc3F)s2)C1. The lowest BCUT2D eigenvalue weighted by atomic mass is 10.00. The van der Waals surface area contributed by atoms with Crippen molar-refractivity contribution in [3.05, 3.63) is 64.5 Å². The fraction of sp³-hybridized carbons (Fsp3) is 0.406. The van der Waals surface area contributed by atoms with Gasteiger partial charge in [0.2, 0.25) is 0 Å². The summed E-state index contributed by atoms with van der Waals surface area (Å²) in [6.07, 6.45) is 0.983. The number of nitrogens with one attached hydrogen (secondary N) is 1. The number of piperidine rings is 1. The van der Waals surface area contributed by atoms with Gasteiger partial charge in [0.05, 0.1) is 16.5 Å².